The highest BCUT2D eigenvalue weighted by atomic mass is 13.9. The Morgan fingerprint density at radius 2 is 0.786 bits per heavy atom. The molecule has 0 bridgehead atoms. The molecule has 1 aliphatic carbocycles. The highest BCUT2D eigenvalue weighted by Gasteiger charge is 1.82. The third kappa shape index (κ3) is 6.24. The third-order valence-corrected chi connectivity index (χ3v) is 2.04. The first-order valence-electron chi connectivity index (χ1n) is 5.32. The molecule has 0 atom stereocenters. The van der Waals surface area contributed by atoms with Crippen LogP contribution in [0.5, 0.6) is 0 Å². The molecule has 1 aliphatic rings. The van der Waals surface area contributed by atoms with Gasteiger partial charge in [-0.1, -0.05) is 60.8 Å². The lowest BCUT2D eigenvalue weighted by atomic mass is 10.1. The molecule has 0 aromatic rings. The fraction of sp³-hybridized carbons (Fsp3) is 0.286. The van der Waals surface area contributed by atoms with Crippen molar-refractivity contribution in [2.75, 3.05) is 0 Å². The van der Waals surface area contributed by atoms with Crippen LogP contribution < -0.4 is 0 Å². The van der Waals surface area contributed by atoms with Crippen molar-refractivity contribution in [3.05, 3.63) is 60.8 Å². The van der Waals surface area contributed by atoms with E-state index in [9.17, 15) is 0 Å². The molecule has 14 heavy (non-hydrogen) atoms. The molecular formula is C14H18. The van der Waals surface area contributed by atoms with E-state index < -0.39 is 0 Å². The summed E-state index contributed by atoms with van der Waals surface area (Å²) < 4.78 is 0. The first-order valence-corrected chi connectivity index (χ1v) is 5.32. The second kappa shape index (κ2) is 8.31. The molecule has 0 N–H and O–H groups in total. The van der Waals surface area contributed by atoms with Gasteiger partial charge in [0.1, 0.15) is 0 Å². The molecular weight excluding hydrogens is 168 g/mol. The lowest BCUT2D eigenvalue weighted by Gasteiger charge is -1.91. The van der Waals surface area contributed by atoms with Crippen LogP contribution >= 0.6 is 0 Å². The summed E-state index contributed by atoms with van der Waals surface area (Å²) in [6.07, 6.45) is 26.0. The van der Waals surface area contributed by atoms with Gasteiger partial charge in [0.05, 0.1) is 0 Å². The summed E-state index contributed by atoms with van der Waals surface area (Å²) in [5.74, 6) is 0. The van der Waals surface area contributed by atoms with Gasteiger partial charge in [-0.3, -0.25) is 0 Å². The largest absolute Gasteiger partial charge is 0.0845 e. The zero-order valence-electron chi connectivity index (χ0n) is 8.60. The Morgan fingerprint density at radius 1 is 0.429 bits per heavy atom. The molecule has 0 fully saturated rings. The molecule has 0 aromatic heterocycles. The molecule has 0 spiro atoms. The van der Waals surface area contributed by atoms with Crippen molar-refractivity contribution in [3.63, 3.8) is 0 Å². The van der Waals surface area contributed by atoms with Gasteiger partial charge in [-0.05, 0) is 25.7 Å². The Kier molecular flexibility index (Phi) is 6.39. The van der Waals surface area contributed by atoms with E-state index in [2.05, 4.69) is 48.6 Å². The van der Waals surface area contributed by atoms with Crippen molar-refractivity contribution < 1.29 is 0 Å². The van der Waals surface area contributed by atoms with Crippen molar-refractivity contribution in [1.29, 1.82) is 0 Å². The van der Waals surface area contributed by atoms with Gasteiger partial charge in [-0.25, -0.2) is 0 Å². The highest BCUT2D eigenvalue weighted by molar-refractivity contribution is 5.17. The van der Waals surface area contributed by atoms with E-state index >= 15 is 0 Å². The Labute approximate surface area is 87.0 Å². The molecule has 0 aliphatic heterocycles. The number of allylic oxidation sites excluding steroid dienone is 10. The van der Waals surface area contributed by atoms with E-state index in [0.717, 1.165) is 0 Å². The van der Waals surface area contributed by atoms with Gasteiger partial charge in [0.15, 0.2) is 0 Å². The van der Waals surface area contributed by atoms with Crippen LogP contribution in [0.2, 0.25) is 0 Å². The molecule has 0 aromatic carbocycles. The Hall–Kier alpha value is -1.30. The minimum Gasteiger partial charge on any atom is -0.0845 e. The Balaban J connectivity index is 2.46. The van der Waals surface area contributed by atoms with E-state index in [1.165, 1.54) is 25.7 Å². The molecule has 0 saturated carbocycles. The molecule has 0 amide bonds. The zero-order valence-corrected chi connectivity index (χ0v) is 8.60. The fourth-order valence-corrected chi connectivity index (χ4v) is 1.26. The predicted molar refractivity (Wildman–Crippen MR) is 64.2 cm³/mol. The van der Waals surface area contributed by atoms with Crippen LogP contribution in [0.3, 0.4) is 0 Å². The van der Waals surface area contributed by atoms with E-state index in [1.807, 2.05) is 12.2 Å². The van der Waals surface area contributed by atoms with E-state index in [4.69, 9.17) is 0 Å². The molecule has 0 nitrogen and oxygen atoms in total. The lowest BCUT2D eigenvalue weighted by Crippen LogP contribution is -1.71. The maximum absolute atomic E-state index is 2.23. The predicted octanol–water partition coefficient (Wildman–Crippen LogP) is 4.34. The normalized spacial score (nSPS) is 25.1. The van der Waals surface area contributed by atoms with Crippen molar-refractivity contribution in [2.24, 2.45) is 0 Å². The third-order valence-electron chi connectivity index (χ3n) is 2.04. The summed E-state index contributed by atoms with van der Waals surface area (Å²) in [5.41, 5.74) is 0. The van der Waals surface area contributed by atoms with Crippen molar-refractivity contribution in [1.82, 2.24) is 0 Å². The van der Waals surface area contributed by atoms with Crippen LogP contribution in [0.4, 0.5) is 0 Å². The van der Waals surface area contributed by atoms with Crippen LogP contribution in [-0.4, -0.2) is 0 Å². The van der Waals surface area contributed by atoms with Crippen LogP contribution in [0.15, 0.2) is 60.8 Å². The standard InChI is InChI=1S/C14H18/c1-2-4-6-8-10-12-14-13-11-9-7-5-3-1/h1-10H,11-14H2/b2-1+,5-3-,6-4-,9-7?,10-8?. The zero-order chi connectivity index (χ0) is 9.90. The van der Waals surface area contributed by atoms with E-state index in [-0.39, 0.29) is 0 Å². The quantitative estimate of drug-likeness (QED) is 0.528. The van der Waals surface area contributed by atoms with Gasteiger partial charge >= 0.3 is 0 Å². The highest BCUT2D eigenvalue weighted by Crippen LogP contribution is 2.02. The van der Waals surface area contributed by atoms with Crippen LogP contribution in [0.25, 0.3) is 0 Å². The Morgan fingerprint density at radius 3 is 1.21 bits per heavy atom. The fourth-order valence-electron chi connectivity index (χ4n) is 1.26. The average Bonchev–Trinajstić information content (AvgIpc) is 2.22. The Bertz CT molecular complexity index is 234. The lowest BCUT2D eigenvalue weighted by molar-refractivity contribution is 0.762. The summed E-state index contributed by atoms with van der Waals surface area (Å²) in [5, 5.41) is 0. The summed E-state index contributed by atoms with van der Waals surface area (Å²) in [6, 6.07) is 0. The number of hydrogen-bond acceptors (Lipinski definition) is 0. The van der Waals surface area contributed by atoms with Crippen molar-refractivity contribution in [3.8, 4) is 0 Å². The molecule has 0 saturated heterocycles. The van der Waals surface area contributed by atoms with Crippen LogP contribution in [0.1, 0.15) is 25.7 Å². The maximum atomic E-state index is 2.23. The summed E-state index contributed by atoms with van der Waals surface area (Å²) >= 11 is 0. The SMILES string of the molecule is C1=CCCCCC=C\C=C/C=C/C=C\1. The first kappa shape index (κ1) is 10.8. The van der Waals surface area contributed by atoms with Crippen molar-refractivity contribution >= 4 is 0 Å². The second-order valence-electron chi connectivity index (χ2n) is 3.30. The van der Waals surface area contributed by atoms with Crippen LogP contribution in [0, 0.1) is 0 Å². The number of hydrogen-bond donors (Lipinski definition) is 0. The van der Waals surface area contributed by atoms with Gasteiger partial charge in [-0.2, -0.15) is 0 Å². The summed E-state index contributed by atoms with van der Waals surface area (Å²) in [6.45, 7) is 0. The van der Waals surface area contributed by atoms with Crippen LogP contribution in [-0.2, 0) is 0 Å². The monoisotopic (exact) mass is 186 g/mol. The van der Waals surface area contributed by atoms with Crippen molar-refractivity contribution in [2.45, 2.75) is 25.7 Å². The molecule has 0 radical (unpaired) electrons. The minimum atomic E-state index is 1.19. The van der Waals surface area contributed by atoms with Gasteiger partial charge in [0.2, 0.25) is 0 Å². The minimum absolute atomic E-state index is 1.19. The molecule has 74 valence electrons. The number of rotatable bonds is 0. The molecule has 0 heteroatoms. The topological polar surface area (TPSA) is 0 Å². The molecule has 0 heterocycles. The average molecular weight is 186 g/mol. The maximum Gasteiger partial charge on any atom is -0.0347 e. The first-order chi connectivity index (χ1) is 7.00. The second-order valence-corrected chi connectivity index (χ2v) is 3.30. The molecule has 0 unspecified atom stereocenters. The van der Waals surface area contributed by atoms with Gasteiger partial charge in [0.25, 0.3) is 0 Å². The van der Waals surface area contributed by atoms with Gasteiger partial charge in [0, 0.05) is 0 Å². The van der Waals surface area contributed by atoms with E-state index in [1.54, 1.807) is 0 Å². The van der Waals surface area contributed by atoms with Gasteiger partial charge < -0.3 is 0 Å². The summed E-state index contributed by atoms with van der Waals surface area (Å²) in [7, 11) is 0. The van der Waals surface area contributed by atoms with Gasteiger partial charge in [-0.15, -0.1) is 0 Å². The smallest absolute Gasteiger partial charge is 0.0347 e. The van der Waals surface area contributed by atoms with E-state index in [0.29, 0.717) is 0 Å². The molecule has 1 rings (SSSR count). The summed E-state index contributed by atoms with van der Waals surface area (Å²) in [4.78, 5) is 0.